The Morgan fingerprint density at radius 2 is 1.78 bits per heavy atom. The van der Waals surface area contributed by atoms with Crippen LogP contribution < -0.4 is 10.6 Å². The maximum atomic E-state index is 13.3. The zero-order valence-electron chi connectivity index (χ0n) is 14.4. The number of anilines is 2. The first kappa shape index (κ1) is 17.2. The number of fused-ring (bicyclic) bond motifs is 1. The summed E-state index contributed by atoms with van der Waals surface area (Å²) in [6, 6.07) is 22.5. The number of nitrogens with one attached hydrogen (secondary N) is 2. The Morgan fingerprint density at radius 1 is 0.963 bits per heavy atom. The standard InChI is InChI=1S/C21H17FN4S/c22-17-8-3-5-15(13-17)14-26-12-11-20(25-26)24-21(27)23-19-10-4-7-16-6-1-2-9-18(16)19/h1-13H,14H2,(H2,23,24,25,27). The molecule has 1 heterocycles. The van der Waals surface area contributed by atoms with Gasteiger partial charge in [0.2, 0.25) is 0 Å². The second-order valence-electron chi connectivity index (χ2n) is 6.13. The van der Waals surface area contributed by atoms with Crippen LogP contribution in [0.5, 0.6) is 0 Å². The number of rotatable bonds is 4. The van der Waals surface area contributed by atoms with Gasteiger partial charge < -0.3 is 10.6 Å². The van der Waals surface area contributed by atoms with Gasteiger partial charge in [-0.1, -0.05) is 48.5 Å². The molecule has 0 aliphatic heterocycles. The Labute approximate surface area is 161 Å². The van der Waals surface area contributed by atoms with E-state index >= 15 is 0 Å². The molecule has 134 valence electrons. The highest BCUT2D eigenvalue weighted by Crippen LogP contribution is 2.23. The lowest BCUT2D eigenvalue weighted by Crippen LogP contribution is -2.19. The van der Waals surface area contributed by atoms with E-state index in [4.69, 9.17) is 12.2 Å². The van der Waals surface area contributed by atoms with Crippen molar-refractivity contribution in [2.75, 3.05) is 10.6 Å². The molecule has 0 amide bonds. The average molecular weight is 376 g/mol. The first-order valence-electron chi connectivity index (χ1n) is 8.51. The largest absolute Gasteiger partial charge is 0.332 e. The van der Waals surface area contributed by atoms with Crippen molar-refractivity contribution in [3.63, 3.8) is 0 Å². The van der Waals surface area contributed by atoms with Crippen LogP contribution in [0, 0.1) is 5.82 Å². The van der Waals surface area contributed by atoms with Crippen LogP contribution >= 0.6 is 12.2 Å². The Kier molecular flexibility index (Phi) is 4.80. The molecule has 1 aromatic heterocycles. The van der Waals surface area contributed by atoms with Gasteiger partial charge in [0.25, 0.3) is 0 Å². The number of hydrogen-bond donors (Lipinski definition) is 2. The number of aromatic nitrogens is 2. The smallest absolute Gasteiger partial charge is 0.176 e. The van der Waals surface area contributed by atoms with Crippen LogP contribution in [0.25, 0.3) is 10.8 Å². The van der Waals surface area contributed by atoms with E-state index in [0.29, 0.717) is 17.5 Å². The molecule has 2 N–H and O–H groups in total. The van der Waals surface area contributed by atoms with Crippen LogP contribution in [0.2, 0.25) is 0 Å². The van der Waals surface area contributed by atoms with Gasteiger partial charge in [0.15, 0.2) is 10.9 Å². The molecular weight excluding hydrogens is 359 g/mol. The molecule has 3 aromatic carbocycles. The fourth-order valence-electron chi connectivity index (χ4n) is 2.94. The van der Waals surface area contributed by atoms with Gasteiger partial charge >= 0.3 is 0 Å². The lowest BCUT2D eigenvalue weighted by molar-refractivity contribution is 0.619. The fourth-order valence-corrected chi connectivity index (χ4v) is 3.16. The predicted octanol–water partition coefficient (Wildman–Crippen LogP) is 5.03. The summed E-state index contributed by atoms with van der Waals surface area (Å²) in [5, 5.41) is 13.4. The van der Waals surface area contributed by atoms with E-state index in [2.05, 4.69) is 27.9 Å². The Morgan fingerprint density at radius 3 is 2.67 bits per heavy atom. The summed E-state index contributed by atoms with van der Waals surface area (Å²) >= 11 is 5.42. The summed E-state index contributed by atoms with van der Waals surface area (Å²) < 4.78 is 15.0. The second-order valence-corrected chi connectivity index (χ2v) is 6.54. The van der Waals surface area contributed by atoms with Gasteiger partial charge in [-0.25, -0.2) is 4.39 Å². The first-order valence-corrected chi connectivity index (χ1v) is 8.92. The highest BCUT2D eigenvalue weighted by molar-refractivity contribution is 7.80. The van der Waals surface area contributed by atoms with Crippen molar-refractivity contribution in [3.8, 4) is 0 Å². The van der Waals surface area contributed by atoms with Crippen LogP contribution in [-0.4, -0.2) is 14.9 Å². The highest BCUT2D eigenvalue weighted by atomic mass is 32.1. The number of hydrogen-bond acceptors (Lipinski definition) is 2. The van der Waals surface area contributed by atoms with Crippen molar-refractivity contribution >= 4 is 39.6 Å². The van der Waals surface area contributed by atoms with E-state index in [9.17, 15) is 4.39 Å². The molecule has 4 rings (SSSR count). The minimum atomic E-state index is -0.251. The molecule has 0 unspecified atom stereocenters. The number of benzene rings is 3. The van der Waals surface area contributed by atoms with Gasteiger partial charge in [-0.15, -0.1) is 0 Å². The maximum Gasteiger partial charge on any atom is 0.176 e. The van der Waals surface area contributed by atoms with Crippen LogP contribution in [0.3, 0.4) is 0 Å². The molecule has 0 atom stereocenters. The molecule has 4 aromatic rings. The topological polar surface area (TPSA) is 41.9 Å². The molecule has 27 heavy (non-hydrogen) atoms. The molecule has 0 aliphatic carbocycles. The Balaban J connectivity index is 1.43. The quantitative estimate of drug-likeness (QED) is 0.490. The minimum Gasteiger partial charge on any atom is -0.332 e. The van der Waals surface area contributed by atoms with E-state index in [-0.39, 0.29) is 5.82 Å². The molecule has 0 spiro atoms. The first-order chi connectivity index (χ1) is 13.2. The zero-order valence-corrected chi connectivity index (χ0v) is 15.2. The molecular formula is C21H17FN4S. The molecule has 0 saturated heterocycles. The van der Waals surface area contributed by atoms with Crippen LogP contribution in [0.1, 0.15) is 5.56 Å². The molecule has 0 bridgehead atoms. The molecule has 0 aliphatic rings. The van der Waals surface area contributed by atoms with Gasteiger partial charge in [0.1, 0.15) is 5.82 Å². The molecule has 0 radical (unpaired) electrons. The van der Waals surface area contributed by atoms with Crippen molar-refractivity contribution < 1.29 is 4.39 Å². The monoisotopic (exact) mass is 376 g/mol. The van der Waals surface area contributed by atoms with Crippen molar-refractivity contribution in [2.45, 2.75) is 6.54 Å². The predicted molar refractivity (Wildman–Crippen MR) is 112 cm³/mol. The van der Waals surface area contributed by atoms with Crippen molar-refractivity contribution in [3.05, 3.63) is 90.4 Å². The third-order valence-corrected chi connectivity index (χ3v) is 4.36. The van der Waals surface area contributed by atoms with E-state index in [1.54, 1.807) is 10.7 Å². The van der Waals surface area contributed by atoms with Gasteiger partial charge in [0, 0.05) is 23.3 Å². The van der Waals surface area contributed by atoms with Gasteiger partial charge in [0.05, 0.1) is 6.54 Å². The van der Waals surface area contributed by atoms with Crippen molar-refractivity contribution in [1.82, 2.24) is 9.78 Å². The van der Waals surface area contributed by atoms with E-state index in [1.807, 2.05) is 48.7 Å². The van der Waals surface area contributed by atoms with E-state index in [1.165, 1.54) is 12.1 Å². The minimum absolute atomic E-state index is 0.251. The summed E-state index contributed by atoms with van der Waals surface area (Å²) in [5.41, 5.74) is 1.78. The van der Waals surface area contributed by atoms with Crippen LogP contribution in [0.4, 0.5) is 15.9 Å². The summed E-state index contributed by atoms with van der Waals surface area (Å²) in [4.78, 5) is 0. The van der Waals surface area contributed by atoms with Crippen molar-refractivity contribution in [1.29, 1.82) is 0 Å². The Bertz CT molecular complexity index is 1100. The third-order valence-electron chi connectivity index (χ3n) is 4.15. The lowest BCUT2D eigenvalue weighted by atomic mass is 10.1. The summed E-state index contributed by atoms with van der Waals surface area (Å²) in [6.07, 6.45) is 1.83. The van der Waals surface area contributed by atoms with Crippen LogP contribution in [-0.2, 0) is 6.54 Å². The highest BCUT2D eigenvalue weighted by Gasteiger charge is 2.06. The Hall–Kier alpha value is -3.25. The summed E-state index contributed by atoms with van der Waals surface area (Å²) in [7, 11) is 0. The number of thiocarbonyl (C=S) groups is 1. The van der Waals surface area contributed by atoms with Gasteiger partial charge in [-0.2, -0.15) is 5.10 Å². The van der Waals surface area contributed by atoms with Gasteiger partial charge in [-0.3, -0.25) is 4.68 Å². The molecule has 0 saturated carbocycles. The SMILES string of the molecule is Fc1cccc(Cn2ccc(NC(=S)Nc3cccc4ccccc34)n2)c1. The fraction of sp³-hybridized carbons (Fsp3) is 0.0476. The zero-order chi connectivity index (χ0) is 18.6. The summed E-state index contributed by atoms with van der Waals surface area (Å²) in [6.45, 7) is 0.489. The van der Waals surface area contributed by atoms with E-state index in [0.717, 1.165) is 22.0 Å². The second kappa shape index (κ2) is 7.55. The third kappa shape index (κ3) is 4.12. The molecule has 6 heteroatoms. The molecule has 0 fully saturated rings. The van der Waals surface area contributed by atoms with Crippen molar-refractivity contribution in [2.24, 2.45) is 0 Å². The van der Waals surface area contributed by atoms with Gasteiger partial charge in [-0.05, 0) is 41.4 Å². The van der Waals surface area contributed by atoms with Crippen LogP contribution in [0.15, 0.2) is 79.0 Å². The average Bonchev–Trinajstić information content (AvgIpc) is 3.08. The maximum absolute atomic E-state index is 13.3. The normalized spacial score (nSPS) is 10.7. The summed E-state index contributed by atoms with van der Waals surface area (Å²) in [5.74, 6) is 0.377. The molecule has 4 nitrogen and oxygen atoms in total. The number of halogens is 1. The van der Waals surface area contributed by atoms with E-state index < -0.39 is 0 Å². The lowest BCUT2D eigenvalue weighted by Gasteiger charge is -2.11. The number of nitrogens with zero attached hydrogens (tertiary/aromatic N) is 2.